The smallest absolute Gasteiger partial charge is 0.305 e. The van der Waals surface area contributed by atoms with Crippen LogP contribution in [0.2, 0.25) is 0 Å². The molecule has 0 rings (SSSR count). The van der Waals surface area contributed by atoms with Crippen molar-refractivity contribution in [2.45, 2.75) is 405 Å². The summed E-state index contributed by atoms with van der Waals surface area (Å²) in [5.41, 5.74) is 0. The van der Waals surface area contributed by atoms with E-state index in [9.17, 15) is 19.8 Å². The van der Waals surface area contributed by atoms with Gasteiger partial charge in [-0.1, -0.05) is 360 Å². The van der Waals surface area contributed by atoms with E-state index in [0.29, 0.717) is 19.4 Å². The van der Waals surface area contributed by atoms with Crippen molar-refractivity contribution in [3.05, 3.63) is 12.2 Å². The molecule has 0 saturated carbocycles. The molecule has 0 fully saturated rings. The predicted molar refractivity (Wildman–Crippen MR) is 329 cm³/mol. The van der Waals surface area contributed by atoms with E-state index >= 15 is 0 Å². The van der Waals surface area contributed by atoms with Crippen molar-refractivity contribution in [3.63, 3.8) is 0 Å². The number of amides is 1. The van der Waals surface area contributed by atoms with Gasteiger partial charge in [-0.3, -0.25) is 9.59 Å². The molecule has 0 aromatic heterocycles. The summed E-state index contributed by atoms with van der Waals surface area (Å²) in [6, 6.07) is -0.626. The van der Waals surface area contributed by atoms with Gasteiger partial charge in [0.05, 0.1) is 25.4 Å². The summed E-state index contributed by atoms with van der Waals surface area (Å²) in [4.78, 5) is 24.6. The SMILES string of the molecule is CCCCCCCCCCCCCCCCCCC/C=C/C(O)C(CO)NC(=O)CCCCCCCCCCCCCCCCCCCCCCCCCCCCOC(=O)CCCCCCCCCCCCCCC. The third-order valence-corrected chi connectivity index (χ3v) is 16.3. The van der Waals surface area contributed by atoms with Crippen LogP contribution in [0.25, 0.3) is 0 Å². The summed E-state index contributed by atoms with van der Waals surface area (Å²) in [5.74, 6) is -0.0423. The molecular weight excluding hydrogens is 923 g/mol. The van der Waals surface area contributed by atoms with Crippen molar-refractivity contribution < 1.29 is 24.5 Å². The molecule has 0 heterocycles. The number of hydrogen-bond donors (Lipinski definition) is 3. The highest BCUT2D eigenvalue weighted by Crippen LogP contribution is 2.19. The Morgan fingerprint density at radius 2 is 0.613 bits per heavy atom. The average molecular weight is 1060 g/mol. The zero-order valence-corrected chi connectivity index (χ0v) is 51.1. The van der Waals surface area contributed by atoms with Gasteiger partial charge in [-0.25, -0.2) is 0 Å². The van der Waals surface area contributed by atoms with Crippen molar-refractivity contribution in [2.24, 2.45) is 0 Å². The molecule has 0 aliphatic rings. The zero-order valence-electron chi connectivity index (χ0n) is 51.1. The highest BCUT2D eigenvalue weighted by molar-refractivity contribution is 5.76. The van der Waals surface area contributed by atoms with Crippen LogP contribution in [0.5, 0.6) is 0 Å². The van der Waals surface area contributed by atoms with Gasteiger partial charge in [0.2, 0.25) is 5.91 Å². The molecule has 75 heavy (non-hydrogen) atoms. The Kier molecular flexibility index (Phi) is 63.9. The summed E-state index contributed by atoms with van der Waals surface area (Å²) in [5, 5.41) is 23.2. The lowest BCUT2D eigenvalue weighted by molar-refractivity contribution is -0.143. The number of carbonyl (C=O) groups is 2. The minimum Gasteiger partial charge on any atom is -0.466 e. The lowest BCUT2D eigenvalue weighted by Gasteiger charge is -2.20. The lowest BCUT2D eigenvalue weighted by atomic mass is 10.0. The normalized spacial score (nSPS) is 12.5. The number of allylic oxidation sites excluding steroid dienone is 1. The maximum absolute atomic E-state index is 12.5. The monoisotopic (exact) mass is 1060 g/mol. The maximum Gasteiger partial charge on any atom is 0.305 e. The molecule has 0 bridgehead atoms. The van der Waals surface area contributed by atoms with Gasteiger partial charge >= 0.3 is 5.97 Å². The molecular formula is C69H135NO5. The molecule has 6 nitrogen and oxygen atoms in total. The quantitative estimate of drug-likeness (QED) is 0.0320. The topological polar surface area (TPSA) is 95.9 Å². The molecule has 446 valence electrons. The molecule has 1 amide bonds. The van der Waals surface area contributed by atoms with E-state index in [-0.39, 0.29) is 18.5 Å². The summed E-state index contributed by atoms with van der Waals surface area (Å²) in [6.07, 6.45) is 80.0. The fraction of sp³-hybridized carbons (Fsp3) is 0.942. The molecule has 0 spiro atoms. The average Bonchev–Trinajstić information content (AvgIpc) is 3.41. The first-order chi connectivity index (χ1) is 37.0. The standard InChI is InChI=1S/C69H135NO5/c1-3-5-7-9-11-13-15-17-18-19-28-31-34-38-41-45-49-53-57-61-67(72)66(65-71)70-68(73)62-58-54-50-46-42-39-35-32-29-26-24-22-20-21-23-25-27-30-33-36-40-44-48-52-56-60-64-75-69(74)63-59-55-51-47-43-37-16-14-12-10-8-6-4-2/h57,61,66-67,71-72H,3-56,58-60,62-65H2,1-2H3,(H,70,73)/b61-57+. The molecule has 0 aromatic carbocycles. The van der Waals surface area contributed by atoms with E-state index in [2.05, 4.69) is 19.2 Å². The van der Waals surface area contributed by atoms with Gasteiger partial charge in [0, 0.05) is 12.8 Å². The first-order valence-corrected chi connectivity index (χ1v) is 34.5. The number of esters is 1. The third kappa shape index (κ3) is 61.7. The number of aliphatic hydroxyl groups is 2. The van der Waals surface area contributed by atoms with Crippen LogP contribution in [0.1, 0.15) is 393 Å². The van der Waals surface area contributed by atoms with E-state index in [1.54, 1.807) is 6.08 Å². The predicted octanol–water partition coefficient (Wildman–Crippen LogP) is 22.0. The van der Waals surface area contributed by atoms with Gasteiger partial charge in [-0.15, -0.1) is 0 Å². The maximum atomic E-state index is 12.5. The van der Waals surface area contributed by atoms with E-state index in [0.717, 1.165) is 38.5 Å². The van der Waals surface area contributed by atoms with Gasteiger partial charge in [0.1, 0.15) is 0 Å². The largest absolute Gasteiger partial charge is 0.466 e. The Hall–Kier alpha value is -1.40. The Morgan fingerprint density at radius 3 is 0.907 bits per heavy atom. The second kappa shape index (κ2) is 65.1. The van der Waals surface area contributed by atoms with Crippen LogP contribution in [0.4, 0.5) is 0 Å². The fourth-order valence-corrected chi connectivity index (χ4v) is 11.1. The first kappa shape index (κ1) is 73.6. The van der Waals surface area contributed by atoms with Crippen LogP contribution in [0.3, 0.4) is 0 Å². The molecule has 6 heteroatoms. The zero-order chi connectivity index (χ0) is 54.3. The molecule has 2 atom stereocenters. The van der Waals surface area contributed by atoms with Crippen LogP contribution in [-0.4, -0.2) is 47.4 Å². The van der Waals surface area contributed by atoms with Gasteiger partial charge in [0.25, 0.3) is 0 Å². The van der Waals surface area contributed by atoms with E-state index < -0.39 is 12.1 Å². The molecule has 0 radical (unpaired) electrons. The van der Waals surface area contributed by atoms with Gasteiger partial charge in [-0.05, 0) is 32.1 Å². The lowest BCUT2D eigenvalue weighted by Crippen LogP contribution is -2.45. The number of hydrogen-bond acceptors (Lipinski definition) is 5. The first-order valence-electron chi connectivity index (χ1n) is 34.5. The van der Waals surface area contributed by atoms with Crippen LogP contribution < -0.4 is 5.32 Å². The minimum absolute atomic E-state index is 0.0193. The van der Waals surface area contributed by atoms with Gasteiger partial charge in [0.15, 0.2) is 0 Å². The fourth-order valence-electron chi connectivity index (χ4n) is 11.1. The number of rotatable bonds is 65. The van der Waals surface area contributed by atoms with Crippen molar-refractivity contribution in [2.75, 3.05) is 13.2 Å². The Bertz CT molecular complexity index is 1130. The molecule has 0 aliphatic carbocycles. The Morgan fingerprint density at radius 1 is 0.360 bits per heavy atom. The van der Waals surface area contributed by atoms with Crippen molar-refractivity contribution in [3.8, 4) is 0 Å². The highest BCUT2D eigenvalue weighted by Gasteiger charge is 2.18. The Labute approximate surface area is 469 Å². The number of unbranched alkanes of at least 4 members (excludes halogenated alkanes) is 54. The van der Waals surface area contributed by atoms with E-state index in [4.69, 9.17) is 4.74 Å². The van der Waals surface area contributed by atoms with E-state index in [1.165, 1.54) is 327 Å². The van der Waals surface area contributed by atoms with E-state index in [1.807, 2.05) is 6.08 Å². The second-order valence-electron chi connectivity index (χ2n) is 23.9. The molecule has 0 aromatic rings. The third-order valence-electron chi connectivity index (χ3n) is 16.3. The molecule has 0 aliphatic heterocycles. The highest BCUT2D eigenvalue weighted by atomic mass is 16.5. The number of aliphatic hydroxyl groups excluding tert-OH is 2. The van der Waals surface area contributed by atoms with Crippen molar-refractivity contribution in [1.82, 2.24) is 5.32 Å². The van der Waals surface area contributed by atoms with Gasteiger partial charge < -0.3 is 20.3 Å². The van der Waals surface area contributed by atoms with Crippen LogP contribution in [0, 0.1) is 0 Å². The number of ether oxygens (including phenoxy) is 1. The summed E-state index contributed by atoms with van der Waals surface area (Å²) < 4.78 is 5.49. The molecule has 0 saturated heterocycles. The van der Waals surface area contributed by atoms with Crippen LogP contribution >= 0.6 is 0 Å². The van der Waals surface area contributed by atoms with Gasteiger partial charge in [-0.2, -0.15) is 0 Å². The summed E-state index contributed by atoms with van der Waals surface area (Å²) >= 11 is 0. The van der Waals surface area contributed by atoms with Crippen molar-refractivity contribution >= 4 is 11.9 Å². The van der Waals surface area contributed by atoms with Crippen molar-refractivity contribution in [1.29, 1.82) is 0 Å². The summed E-state index contributed by atoms with van der Waals surface area (Å²) in [6.45, 7) is 4.95. The number of nitrogens with one attached hydrogen (secondary N) is 1. The summed E-state index contributed by atoms with van der Waals surface area (Å²) in [7, 11) is 0. The number of carbonyl (C=O) groups excluding carboxylic acids is 2. The second-order valence-corrected chi connectivity index (χ2v) is 23.9. The Balaban J connectivity index is 3.37. The molecule has 3 N–H and O–H groups in total. The van der Waals surface area contributed by atoms with Crippen LogP contribution in [-0.2, 0) is 14.3 Å². The molecule has 2 unspecified atom stereocenters. The minimum atomic E-state index is -0.843. The van der Waals surface area contributed by atoms with Crippen LogP contribution in [0.15, 0.2) is 12.2 Å².